The van der Waals surface area contributed by atoms with E-state index in [0.717, 1.165) is 44.2 Å². The first kappa shape index (κ1) is 21.8. The highest BCUT2D eigenvalue weighted by molar-refractivity contribution is 6.00. The van der Waals surface area contributed by atoms with Crippen LogP contribution in [0.3, 0.4) is 0 Å². The molecule has 1 N–H and O–H groups in total. The maximum Gasteiger partial charge on any atom is 0.170 e. The average molecular weight is 428 g/mol. The Kier molecular flexibility index (Phi) is 6.90. The fourth-order valence-electron chi connectivity index (χ4n) is 4.60. The Morgan fingerprint density at radius 2 is 2.10 bits per heavy atom. The molecule has 7 heteroatoms. The third kappa shape index (κ3) is 5.45. The molecule has 2 aliphatic rings. The number of hydrogen-bond acceptors (Lipinski definition) is 6. The maximum atomic E-state index is 12.6. The number of fused-ring (bicyclic) bond motifs is 1. The lowest BCUT2D eigenvalue weighted by molar-refractivity contribution is 0.0132. The Bertz CT molecular complexity index is 889. The van der Waals surface area contributed by atoms with E-state index >= 15 is 0 Å². The minimum Gasteiger partial charge on any atom is -0.491 e. The Morgan fingerprint density at radius 1 is 1.26 bits per heavy atom. The van der Waals surface area contributed by atoms with Gasteiger partial charge < -0.3 is 14.6 Å². The fourth-order valence-corrected chi connectivity index (χ4v) is 4.60. The molecule has 1 unspecified atom stereocenters. The van der Waals surface area contributed by atoms with Gasteiger partial charge in [0.05, 0.1) is 24.2 Å². The van der Waals surface area contributed by atoms with Crippen LogP contribution in [0.1, 0.15) is 80.8 Å². The van der Waals surface area contributed by atoms with Gasteiger partial charge in [-0.3, -0.25) is 4.79 Å². The molecular formula is C24H33N3O4. The summed E-state index contributed by atoms with van der Waals surface area (Å²) in [7, 11) is 0. The van der Waals surface area contributed by atoms with Gasteiger partial charge in [0.15, 0.2) is 5.78 Å². The van der Waals surface area contributed by atoms with Gasteiger partial charge in [-0.1, -0.05) is 31.4 Å². The minimum atomic E-state index is -0.714. The number of Topliss-reactive ketones (excluding diaryl/α,β-unsaturated/α-hetero) is 1. The molecule has 1 fully saturated rings. The van der Waals surface area contributed by atoms with E-state index in [1.807, 2.05) is 6.20 Å². The van der Waals surface area contributed by atoms with Crippen LogP contribution in [0.15, 0.2) is 24.4 Å². The minimum absolute atomic E-state index is 0.128. The molecule has 1 aliphatic carbocycles. The molecule has 1 aromatic carbocycles. The number of aromatic nitrogens is 3. The van der Waals surface area contributed by atoms with Crippen molar-refractivity contribution < 1.29 is 19.4 Å². The molecule has 1 aliphatic heterocycles. The van der Waals surface area contributed by atoms with Gasteiger partial charge in [-0.25, -0.2) is 4.68 Å². The molecule has 1 spiro atoms. The summed E-state index contributed by atoms with van der Waals surface area (Å²) in [5.41, 5.74) is 1.24. The molecule has 0 radical (unpaired) electrons. The van der Waals surface area contributed by atoms with E-state index in [1.165, 1.54) is 19.3 Å². The van der Waals surface area contributed by atoms with Gasteiger partial charge in [0.1, 0.15) is 29.8 Å². The number of aryl methyl sites for hydroxylation is 1. The molecular weight excluding hydrogens is 394 g/mol. The first-order chi connectivity index (χ1) is 15.1. The van der Waals surface area contributed by atoms with Crippen LogP contribution in [0.4, 0.5) is 0 Å². The highest BCUT2D eigenvalue weighted by Gasteiger charge is 2.41. The van der Waals surface area contributed by atoms with E-state index in [2.05, 4.69) is 17.2 Å². The van der Waals surface area contributed by atoms with Gasteiger partial charge in [-0.2, -0.15) is 0 Å². The number of benzene rings is 1. The first-order valence-corrected chi connectivity index (χ1v) is 11.6. The van der Waals surface area contributed by atoms with Gasteiger partial charge in [-0.15, -0.1) is 5.10 Å². The average Bonchev–Trinajstić information content (AvgIpc) is 3.20. The second-order valence-corrected chi connectivity index (χ2v) is 8.96. The van der Waals surface area contributed by atoms with Gasteiger partial charge in [0, 0.05) is 12.3 Å². The Morgan fingerprint density at radius 3 is 2.90 bits per heavy atom. The van der Waals surface area contributed by atoms with Crippen molar-refractivity contribution in [2.45, 2.75) is 89.4 Å². The van der Waals surface area contributed by atoms with E-state index < -0.39 is 6.10 Å². The lowest BCUT2D eigenvalue weighted by atomic mass is 9.78. The molecule has 0 saturated heterocycles. The number of ketones is 1. The SMILES string of the molecule is CCCCCc1cn(CC(O)COc2ccc3c(c2)OC2(CCCCC2)CC3=O)nn1. The van der Waals surface area contributed by atoms with Crippen LogP contribution in [0.5, 0.6) is 11.5 Å². The Hall–Kier alpha value is -2.41. The van der Waals surface area contributed by atoms with E-state index in [0.29, 0.717) is 30.0 Å². The van der Waals surface area contributed by atoms with Gasteiger partial charge >= 0.3 is 0 Å². The highest BCUT2D eigenvalue weighted by Crippen LogP contribution is 2.42. The van der Waals surface area contributed by atoms with Crippen LogP contribution in [0.2, 0.25) is 0 Å². The van der Waals surface area contributed by atoms with Gasteiger partial charge in [-0.05, 0) is 50.7 Å². The lowest BCUT2D eigenvalue weighted by Gasteiger charge is -2.40. The number of nitrogens with zero attached hydrogens (tertiary/aromatic N) is 3. The summed E-state index contributed by atoms with van der Waals surface area (Å²) in [4.78, 5) is 12.6. The summed E-state index contributed by atoms with van der Waals surface area (Å²) in [5, 5.41) is 18.6. The van der Waals surface area contributed by atoms with Crippen LogP contribution in [0.25, 0.3) is 0 Å². The molecule has 7 nitrogen and oxygen atoms in total. The van der Waals surface area contributed by atoms with Crippen molar-refractivity contribution in [2.24, 2.45) is 0 Å². The predicted octanol–water partition coefficient (Wildman–Crippen LogP) is 4.12. The summed E-state index contributed by atoms with van der Waals surface area (Å²) in [6.45, 7) is 2.63. The van der Waals surface area contributed by atoms with Crippen LogP contribution < -0.4 is 9.47 Å². The van der Waals surface area contributed by atoms with E-state index in [9.17, 15) is 9.90 Å². The van der Waals surface area contributed by atoms with Crippen molar-refractivity contribution in [1.29, 1.82) is 0 Å². The number of carbonyl (C=O) groups is 1. The number of rotatable bonds is 9. The molecule has 168 valence electrons. The van der Waals surface area contributed by atoms with E-state index in [1.54, 1.807) is 22.9 Å². The molecule has 0 bridgehead atoms. The highest BCUT2D eigenvalue weighted by atomic mass is 16.5. The molecule has 2 heterocycles. The number of aliphatic hydroxyl groups is 1. The van der Waals surface area contributed by atoms with Crippen LogP contribution in [0, 0.1) is 0 Å². The van der Waals surface area contributed by atoms with Gasteiger partial charge in [0.2, 0.25) is 0 Å². The topological polar surface area (TPSA) is 86.5 Å². The van der Waals surface area contributed by atoms with Crippen LogP contribution in [-0.2, 0) is 13.0 Å². The van der Waals surface area contributed by atoms with Crippen LogP contribution >= 0.6 is 0 Å². The zero-order chi connectivity index (χ0) is 21.7. The molecule has 1 saturated carbocycles. The fraction of sp³-hybridized carbons (Fsp3) is 0.625. The molecule has 1 aromatic heterocycles. The van der Waals surface area contributed by atoms with E-state index in [4.69, 9.17) is 9.47 Å². The Balaban J connectivity index is 1.32. The second kappa shape index (κ2) is 9.81. The van der Waals surface area contributed by atoms with Crippen molar-refractivity contribution in [3.8, 4) is 11.5 Å². The normalized spacial score (nSPS) is 18.5. The molecule has 2 aromatic rings. The largest absolute Gasteiger partial charge is 0.491 e. The predicted molar refractivity (Wildman–Crippen MR) is 117 cm³/mol. The Labute approximate surface area is 183 Å². The number of ether oxygens (including phenoxy) is 2. The van der Waals surface area contributed by atoms with Crippen molar-refractivity contribution in [1.82, 2.24) is 15.0 Å². The quantitative estimate of drug-likeness (QED) is 0.606. The number of aliphatic hydroxyl groups excluding tert-OH is 1. The standard InChI is InChI=1S/C24H33N3O4/c1-2-3-5-8-18-15-27(26-25-18)16-19(28)17-30-20-9-10-21-22(29)14-24(31-23(21)13-20)11-6-4-7-12-24/h9-10,13,15,19,28H,2-8,11-12,14,16-17H2,1H3. The molecule has 31 heavy (non-hydrogen) atoms. The zero-order valence-electron chi connectivity index (χ0n) is 18.4. The number of carbonyl (C=O) groups excluding carboxylic acids is 1. The number of hydrogen-bond donors (Lipinski definition) is 1. The summed E-state index contributed by atoms with van der Waals surface area (Å²) in [6, 6.07) is 5.33. The zero-order valence-corrected chi connectivity index (χ0v) is 18.4. The summed E-state index contributed by atoms with van der Waals surface area (Å²) < 4.78 is 13.8. The summed E-state index contributed by atoms with van der Waals surface area (Å²) in [5.74, 6) is 1.35. The molecule has 0 amide bonds. The second-order valence-electron chi connectivity index (χ2n) is 8.96. The third-order valence-electron chi connectivity index (χ3n) is 6.29. The smallest absolute Gasteiger partial charge is 0.170 e. The monoisotopic (exact) mass is 427 g/mol. The van der Waals surface area contributed by atoms with Crippen molar-refractivity contribution in [2.75, 3.05) is 6.61 Å². The summed E-state index contributed by atoms with van der Waals surface area (Å²) in [6.07, 6.45) is 11.3. The van der Waals surface area contributed by atoms with E-state index in [-0.39, 0.29) is 18.0 Å². The first-order valence-electron chi connectivity index (χ1n) is 11.6. The number of unbranched alkanes of at least 4 members (excludes halogenated alkanes) is 2. The summed E-state index contributed by atoms with van der Waals surface area (Å²) >= 11 is 0. The van der Waals surface area contributed by atoms with Crippen molar-refractivity contribution >= 4 is 5.78 Å². The molecule has 4 rings (SSSR count). The maximum absolute atomic E-state index is 12.6. The third-order valence-corrected chi connectivity index (χ3v) is 6.29. The van der Waals surface area contributed by atoms with Crippen LogP contribution in [-0.4, -0.2) is 44.2 Å². The molecule has 1 atom stereocenters. The van der Waals surface area contributed by atoms with Crippen molar-refractivity contribution in [3.05, 3.63) is 35.7 Å². The lowest BCUT2D eigenvalue weighted by Crippen LogP contribution is -2.43. The van der Waals surface area contributed by atoms with Crippen molar-refractivity contribution in [3.63, 3.8) is 0 Å². The van der Waals surface area contributed by atoms with Gasteiger partial charge in [0.25, 0.3) is 0 Å².